The fraction of sp³-hybridized carbons (Fsp3) is 0.286. The highest BCUT2D eigenvalue weighted by atomic mass is 19.4. The van der Waals surface area contributed by atoms with Crippen LogP contribution in [0.1, 0.15) is 29.0 Å². The number of halogens is 3. The Kier molecular flexibility index (Phi) is 5.19. The zero-order chi connectivity index (χ0) is 21.3. The SMILES string of the molecule is O=C(Cn1c(C(F)(F)F)nc2ccccc21)Nc1ccc(C(=O)N2CCCC2)cc1. The van der Waals surface area contributed by atoms with Gasteiger partial charge < -0.3 is 14.8 Å². The van der Waals surface area contributed by atoms with Crippen LogP contribution in [-0.4, -0.2) is 39.4 Å². The molecule has 1 aliphatic heterocycles. The third kappa shape index (κ3) is 4.00. The normalized spacial score (nSPS) is 14.3. The molecule has 1 saturated heterocycles. The topological polar surface area (TPSA) is 67.2 Å². The van der Waals surface area contributed by atoms with Gasteiger partial charge in [0.25, 0.3) is 5.91 Å². The van der Waals surface area contributed by atoms with Crippen LogP contribution in [0, 0.1) is 0 Å². The number of hydrogen-bond acceptors (Lipinski definition) is 3. The molecule has 1 fully saturated rings. The second-order valence-corrected chi connectivity index (χ2v) is 7.13. The van der Waals surface area contributed by atoms with Crippen molar-refractivity contribution in [3.63, 3.8) is 0 Å². The number of para-hydroxylation sites is 2. The number of imidazole rings is 1. The summed E-state index contributed by atoms with van der Waals surface area (Å²) in [6.45, 7) is 0.930. The highest BCUT2D eigenvalue weighted by Crippen LogP contribution is 2.31. The van der Waals surface area contributed by atoms with Crippen molar-refractivity contribution < 1.29 is 22.8 Å². The van der Waals surface area contributed by atoms with Crippen molar-refractivity contribution in [3.05, 3.63) is 59.9 Å². The molecule has 9 heteroatoms. The third-order valence-corrected chi connectivity index (χ3v) is 5.02. The van der Waals surface area contributed by atoms with E-state index in [9.17, 15) is 22.8 Å². The summed E-state index contributed by atoms with van der Waals surface area (Å²) in [6, 6.07) is 12.5. The maximum atomic E-state index is 13.4. The minimum absolute atomic E-state index is 0.0647. The average Bonchev–Trinajstić information content (AvgIpc) is 3.36. The highest BCUT2D eigenvalue weighted by Gasteiger charge is 2.38. The van der Waals surface area contributed by atoms with Gasteiger partial charge in [-0.25, -0.2) is 4.98 Å². The summed E-state index contributed by atoms with van der Waals surface area (Å²) < 4.78 is 40.9. The van der Waals surface area contributed by atoms with Crippen molar-refractivity contribution in [3.8, 4) is 0 Å². The molecule has 1 N–H and O–H groups in total. The minimum Gasteiger partial charge on any atom is -0.339 e. The van der Waals surface area contributed by atoms with Crippen LogP contribution in [0.4, 0.5) is 18.9 Å². The van der Waals surface area contributed by atoms with Gasteiger partial charge in [-0.05, 0) is 49.2 Å². The quantitative estimate of drug-likeness (QED) is 0.701. The number of aromatic nitrogens is 2. The molecular formula is C21H19F3N4O2. The van der Waals surface area contributed by atoms with Crippen molar-refractivity contribution in [1.82, 2.24) is 14.5 Å². The first-order chi connectivity index (χ1) is 14.3. The molecule has 1 aromatic heterocycles. The predicted octanol–water partition coefficient (Wildman–Crippen LogP) is 3.93. The number of fused-ring (bicyclic) bond motifs is 1. The second-order valence-electron chi connectivity index (χ2n) is 7.13. The fourth-order valence-electron chi connectivity index (χ4n) is 3.60. The number of benzene rings is 2. The number of carbonyl (C=O) groups is 2. The first-order valence-electron chi connectivity index (χ1n) is 9.54. The van der Waals surface area contributed by atoms with Crippen LogP contribution >= 0.6 is 0 Å². The molecule has 0 spiro atoms. The van der Waals surface area contributed by atoms with Gasteiger partial charge in [0.05, 0.1) is 11.0 Å². The number of hydrogen-bond donors (Lipinski definition) is 1. The van der Waals surface area contributed by atoms with Crippen LogP contribution in [0.25, 0.3) is 11.0 Å². The molecule has 0 bridgehead atoms. The van der Waals surface area contributed by atoms with Crippen LogP contribution in [0.2, 0.25) is 0 Å². The Morgan fingerprint density at radius 2 is 1.67 bits per heavy atom. The Bertz CT molecular complexity index is 1080. The molecule has 1 aliphatic rings. The average molecular weight is 416 g/mol. The smallest absolute Gasteiger partial charge is 0.339 e. The van der Waals surface area contributed by atoms with E-state index in [4.69, 9.17) is 0 Å². The van der Waals surface area contributed by atoms with E-state index in [2.05, 4.69) is 10.3 Å². The molecule has 30 heavy (non-hydrogen) atoms. The van der Waals surface area contributed by atoms with E-state index < -0.39 is 24.5 Å². The lowest BCUT2D eigenvalue weighted by Gasteiger charge is -2.15. The number of amides is 2. The van der Waals surface area contributed by atoms with Gasteiger partial charge in [0, 0.05) is 24.3 Å². The van der Waals surface area contributed by atoms with Gasteiger partial charge in [-0.1, -0.05) is 12.1 Å². The van der Waals surface area contributed by atoms with Gasteiger partial charge in [-0.15, -0.1) is 0 Å². The summed E-state index contributed by atoms with van der Waals surface area (Å²) in [5.41, 5.74) is 1.31. The summed E-state index contributed by atoms with van der Waals surface area (Å²) in [5.74, 6) is -1.81. The van der Waals surface area contributed by atoms with Crippen molar-refractivity contribution in [2.45, 2.75) is 25.6 Å². The Balaban J connectivity index is 1.49. The van der Waals surface area contributed by atoms with Gasteiger partial charge >= 0.3 is 6.18 Å². The second kappa shape index (κ2) is 7.81. The molecule has 2 aromatic carbocycles. The zero-order valence-corrected chi connectivity index (χ0v) is 15.9. The Hall–Kier alpha value is -3.36. The van der Waals surface area contributed by atoms with Crippen LogP contribution in [0.5, 0.6) is 0 Å². The number of nitrogens with zero attached hydrogens (tertiary/aromatic N) is 3. The van der Waals surface area contributed by atoms with E-state index in [0.29, 0.717) is 11.3 Å². The number of nitrogens with one attached hydrogen (secondary N) is 1. The summed E-state index contributed by atoms with van der Waals surface area (Å²) in [6.07, 6.45) is -2.71. The van der Waals surface area contributed by atoms with Crippen molar-refractivity contribution >= 4 is 28.5 Å². The molecule has 4 rings (SSSR count). The lowest BCUT2D eigenvalue weighted by atomic mass is 10.2. The molecule has 0 atom stereocenters. The first kappa shape index (κ1) is 19.9. The molecule has 156 valence electrons. The number of rotatable bonds is 4. The molecule has 0 radical (unpaired) electrons. The molecule has 3 aromatic rings. The lowest BCUT2D eigenvalue weighted by Crippen LogP contribution is -2.27. The standard InChI is InChI=1S/C21H19F3N4O2/c22-21(23,24)20-26-16-5-1-2-6-17(16)28(20)13-18(29)25-15-9-7-14(8-10-15)19(30)27-11-3-4-12-27/h1-2,5-10H,3-4,11-13H2,(H,25,29). The minimum atomic E-state index is -4.68. The van der Waals surface area contributed by atoms with Gasteiger partial charge in [0.2, 0.25) is 11.7 Å². The Labute approximate surface area is 170 Å². The predicted molar refractivity (Wildman–Crippen MR) is 105 cm³/mol. The summed E-state index contributed by atoms with van der Waals surface area (Å²) in [4.78, 5) is 30.2. The lowest BCUT2D eigenvalue weighted by molar-refractivity contribution is -0.147. The number of alkyl halides is 3. The molecule has 6 nitrogen and oxygen atoms in total. The number of carbonyl (C=O) groups excluding carboxylic acids is 2. The van der Waals surface area contributed by atoms with Crippen LogP contribution in [0.15, 0.2) is 48.5 Å². The van der Waals surface area contributed by atoms with Gasteiger partial charge in [0.15, 0.2) is 0 Å². The monoisotopic (exact) mass is 416 g/mol. The maximum Gasteiger partial charge on any atom is 0.449 e. The molecule has 0 unspecified atom stereocenters. The van der Waals surface area contributed by atoms with Gasteiger partial charge in [-0.3, -0.25) is 9.59 Å². The van der Waals surface area contributed by atoms with Crippen molar-refractivity contribution in [1.29, 1.82) is 0 Å². The van der Waals surface area contributed by atoms with Crippen LogP contribution < -0.4 is 5.32 Å². The molecule has 2 amide bonds. The van der Waals surface area contributed by atoms with Crippen LogP contribution in [0.3, 0.4) is 0 Å². The van der Waals surface area contributed by atoms with Crippen molar-refractivity contribution in [2.75, 3.05) is 18.4 Å². The van der Waals surface area contributed by atoms with Crippen LogP contribution in [-0.2, 0) is 17.5 Å². The summed E-state index contributed by atoms with van der Waals surface area (Å²) >= 11 is 0. The number of likely N-dealkylation sites (tertiary alicyclic amines) is 1. The summed E-state index contributed by atoms with van der Waals surface area (Å²) in [7, 11) is 0. The molecule has 2 heterocycles. The molecular weight excluding hydrogens is 397 g/mol. The molecule has 0 saturated carbocycles. The van der Waals surface area contributed by atoms with E-state index in [-0.39, 0.29) is 16.9 Å². The maximum absolute atomic E-state index is 13.4. The van der Waals surface area contributed by atoms with E-state index in [1.54, 1.807) is 41.3 Å². The third-order valence-electron chi connectivity index (χ3n) is 5.02. The number of anilines is 1. The Morgan fingerprint density at radius 1 is 1.00 bits per heavy atom. The first-order valence-corrected chi connectivity index (χ1v) is 9.54. The van der Waals surface area contributed by atoms with Gasteiger partial charge in [0.1, 0.15) is 6.54 Å². The summed E-state index contributed by atoms with van der Waals surface area (Å²) in [5, 5.41) is 2.58. The molecule has 0 aliphatic carbocycles. The van der Waals surface area contributed by atoms with Gasteiger partial charge in [-0.2, -0.15) is 13.2 Å². The van der Waals surface area contributed by atoms with E-state index in [1.807, 2.05) is 0 Å². The Morgan fingerprint density at radius 3 is 2.33 bits per heavy atom. The van der Waals surface area contributed by atoms with E-state index >= 15 is 0 Å². The zero-order valence-electron chi connectivity index (χ0n) is 15.9. The largest absolute Gasteiger partial charge is 0.449 e. The fourth-order valence-corrected chi connectivity index (χ4v) is 3.60. The van der Waals surface area contributed by atoms with Crippen molar-refractivity contribution in [2.24, 2.45) is 0 Å². The van der Waals surface area contributed by atoms with E-state index in [1.165, 1.54) is 12.1 Å². The van der Waals surface area contributed by atoms with E-state index in [0.717, 1.165) is 30.5 Å². The highest BCUT2D eigenvalue weighted by molar-refractivity contribution is 5.96.